The van der Waals surface area contributed by atoms with Gasteiger partial charge in [-0.2, -0.15) is 5.26 Å². The van der Waals surface area contributed by atoms with Crippen molar-refractivity contribution >= 4 is 39.1 Å². The molecule has 0 fully saturated rings. The first kappa shape index (κ1) is 38.9. The predicted molar refractivity (Wildman–Crippen MR) is 194 cm³/mol. The minimum Gasteiger partial charge on any atom is -0.462 e. The molecule has 0 aliphatic heterocycles. The molecule has 0 spiro atoms. The lowest BCUT2D eigenvalue weighted by Crippen LogP contribution is -2.24. The third-order valence-corrected chi connectivity index (χ3v) is 7.80. The van der Waals surface area contributed by atoms with Gasteiger partial charge < -0.3 is 23.7 Å². The number of esters is 5. The van der Waals surface area contributed by atoms with E-state index in [0.717, 1.165) is 11.1 Å². The fourth-order valence-corrected chi connectivity index (χ4v) is 5.51. The van der Waals surface area contributed by atoms with Crippen LogP contribution < -0.4 is 14.2 Å². The predicted octanol–water partition coefficient (Wildman–Crippen LogP) is 7.12. The van der Waals surface area contributed by atoms with Crippen molar-refractivity contribution in [1.29, 1.82) is 5.26 Å². The van der Waals surface area contributed by atoms with Gasteiger partial charge in [0.25, 0.3) is 0 Å². The molecule has 2 atom stereocenters. The molecule has 11 nitrogen and oxygen atoms in total. The van der Waals surface area contributed by atoms with E-state index in [-0.39, 0.29) is 59.8 Å². The SMILES string of the molecule is CC(C)(C)CC(P)C(=O)OCCOC(=O)CCC(=O)Oc1ccc(C(=O)Oc2ccc(C(=O)Oc3ccc(-c4ccc(C#N)cc4)cc3)cc2)cc1. The summed E-state index contributed by atoms with van der Waals surface area (Å²) in [5.41, 5.74) is 2.42. The maximum absolute atomic E-state index is 12.7. The highest BCUT2D eigenvalue weighted by Gasteiger charge is 2.22. The van der Waals surface area contributed by atoms with Gasteiger partial charge in [-0.15, -0.1) is 9.24 Å². The van der Waals surface area contributed by atoms with Crippen molar-refractivity contribution in [2.75, 3.05) is 13.2 Å². The zero-order valence-electron chi connectivity index (χ0n) is 29.0. The highest BCUT2D eigenvalue weighted by atomic mass is 31.0. The summed E-state index contributed by atoms with van der Waals surface area (Å²) in [7, 11) is 2.46. The van der Waals surface area contributed by atoms with Crippen LogP contribution in [0.15, 0.2) is 97.1 Å². The minimum atomic E-state index is -0.675. The molecule has 0 aliphatic rings. The molecule has 0 aromatic heterocycles. The molecule has 12 heteroatoms. The third kappa shape index (κ3) is 12.5. The number of benzene rings is 4. The quantitative estimate of drug-likeness (QED) is 0.0565. The first-order chi connectivity index (χ1) is 24.8. The Morgan fingerprint density at radius 2 is 1.04 bits per heavy atom. The van der Waals surface area contributed by atoms with Gasteiger partial charge in [0, 0.05) is 0 Å². The van der Waals surface area contributed by atoms with Gasteiger partial charge in [0.1, 0.15) is 30.5 Å². The molecule has 0 heterocycles. The van der Waals surface area contributed by atoms with Crippen molar-refractivity contribution in [1.82, 2.24) is 0 Å². The van der Waals surface area contributed by atoms with E-state index < -0.39 is 29.8 Å². The smallest absolute Gasteiger partial charge is 0.343 e. The van der Waals surface area contributed by atoms with E-state index in [9.17, 15) is 24.0 Å². The second-order valence-electron chi connectivity index (χ2n) is 12.8. The standard InChI is InChI=1S/C40H38NO10P/c1-40(2,3)24-34(52)39(46)48-23-22-47-35(42)20-21-36(43)49-31-16-10-29(11-17-31)37(44)51-33-18-12-30(13-19-33)38(45)50-32-14-8-28(9-15-32)27-6-4-26(25-41)5-7-27/h4-19,34H,20-24,52H2,1-3H3. The largest absolute Gasteiger partial charge is 0.462 e. The van der Waals surface area contributed by atoms with Gasteiger partial charge in [0.05, 0.1) is 41.3 Å². The fourth-order valence-electron chi connectivity index (χ4n) is 4.71. The third-order valence-electron chi connectivity index (χ3n) is 7.29. The summed E-state index contributed by atoms with van der Waals surface area (Å²) in [5, 5.41) is 8.97. The monoisotopic (exact) mass is 723 g/mol. The summed E-state index contributed by atoms with van der Waals surface area (Å²) >= 11 is 0. The second-order valence-corrected chi connectivity index (χ2v) is 13.6. The van der Waals surface area contributed by atoms with E-state index in [1.165, 1.54) is 48.5 Å². The lowest BCUT2D eigenvalue weighted by molar-refractivity contribution is -0.153. The van der Waals surface area contributed by atoms with Crippen molar-refractivity contribution in [3.63, 3.8) is 0 Å². The highest BCUT2D eigenvalue weighted by Crippen LogP contribution is 2.26. The number of ether oxygens (including phenoxy) is 5. The van der Waals surface area contributed by atoms with Gasteiger partial charge in [0.15, 0.2) is 0 Å². The van der Waals surface area contributed by atoms with Crippen LogP contribution in [0.2, 0.25) is 0 Å². The molecule has 0 bridgehead atoms. The molecule has 0 N–H and O–H groups in total. The van der Waals surface area contributed by atoms with Crippen LogP contribution in [0.5, 0.6) is 17.2 Å². The number of nitrogens with zero attached hydrogens (tertiary/aromatic N) is 1. The van der Waals surface area contributed by atoms with E-state index in [0.29, 0.717) is 17.7 Å². The Hall–Kier alpha value is -5.85. The van der Waals surface area contributed by atoms with Crippen molar-refractivity contribution in [2.24, 2.45) is 5.41 Å². The first-order valence-corrected chi connectivity index (χ1v) is 17.0. The van der Waals surface area contributed by atoms with Gasteiger partial charge in [-0.3, -0.25) is 14.4 Å². The van der Waals surface area contributed by atoms with Crippen molar-refractivity contribution in [3.8, 4) is 34.4 Å². The lowest BCUT2D eigenvalue weighted by Gasteiger charge is -2.21. The molecule has 0 amide bonds. The van der Waals surface area contributed by atoms with Crippen LogP contribution >= 0.6 is 9.24 Å². The van der Waals surface area contributed by atoms with Crippen LogP contribution in [0.25, 0.3) is 11.1 Å². The van der Waals surface area contributed by atoms with E-state index in [2.05, 4.69) is 15.3 Å². The van der Waals surface area contributed by atoms with Crippen LogP contribution in [0.4, 0.5) is 0 Å². The van der Waals surface area contributed by atoms with E-state index in [4.69, 9.17) is 28.9 Å². The molecular formula is C40H38NO10P. The topological polar surface area (TPSA) is 155 Å². The summed E-state index contributed by atoms with van der Waals surface area (Å²) < 4.78 is 26.2. The Morgan fingerprint density at radius 1 is 0.615 bits per heavy atom. The molecule has 0 saturated carbocycles. The summed E-state index contributed by atoms with van der Waals surface area (Å²) in [5.74, 6) is -2.27. The number of nitriles is 1. The summed E-state index contributed by atoms with van der Waals surface area (Å²) in [6.07, 6.45) is 0.166. The van der Waals surface area contributed by atoms with Crippen LogP contribution in [0.1, 0.15) is 66.3 Å². The lowest BCUT2D eigenvalue weighted by atomic mass is 9.90. The normalized spacial score (nSPS) is 11.4. The van der Waals surface area contributed by atoms with Crippen molar-refractivity contribution in [2.45, 2.75) is 45.7 Å². The van der Waals surface area contributed by atoms with Gasteiger partial charge >= 0.3 is 29.8 Å². The fraction of sp³-hybridized carbons (Fsp3) is 0.250. The molecular weight excluding hydrogens is 685 g/mol. The summed E-state index contributed by atoms with van der Waals surface area (Å²) in [4.78, 5) is 61.5. The van der Waals surface area contributed by atoms with Gasteiger partial charge in [-0.25, -0.2) is 9.59 Å². The van der Waals surface area contributed by atoms with E-state index in [1.807, 2.05) is 45.0 Å². The zero-order chi connectivity index (χ0) is 37.7. The molecule has 268 valence electrons. The Morgan fingerprint density at radius 3 is 1.52 bits per heavy atom. The van der Waals surface area contributed by atoms with E-state index >= 15 is 0 Å². The molecule has 0 radical (unpaired) electrons. The Balaban J connectivity index is 1.16. The van der Waals surface area contributed by atoms with E-state index in [1.54, 1.807) is 24.3 Å². The molecule has 4 aromatic rings. The van der Waals surface area contributed by atoms with Crippen LogP contribution in [-0.4, -0.2) is 48.7 Å². The maximum atomic E-state index is 12.7. The summed E-state index contributed by atoms with van der Waals surface area (Å²) in [6, 6.07) is 27.7. The number of rotatable bonds is 14. The van der Waals surface area contributed by atoms with Gasteiger partial charge in [-0.1, -0.05) is 45.0 Å². The van der Waals surface area contributed by atoms with Crippen molar-refractivity contribution < 1.29 is 47.7 Å². The maximum Gasteiger partial charge on any atom is 0.343 e. The van der Waals surface area contributed by atoms with Crippen molar-refractivity contribution in [3.05, 3.63) is 114 Å². The first-order valence-electron chi connectivity index (χ1n) is 16.3. The van der Waals surface area contributed by atoms with Gasteiger partial charge in [-0.05, 0) is 95.8 Å². The molecule has 4 aromatic carbocycles. The number of carbonyl (C=O) groups is 5. The molecule has 2 unspecified atom stereocenters. The average molecular weight is 724 g/mol. The summed E-state index contributed by atoms with van der Waals surface area (Å²) in [6.45, 7) is 5.85. The molecule has 4 rings (SSSR count). The van der Waals surface area contributed by atoms with Crippen LogP contribution in [0, 0.1) is 16.7 Å². The number of carbonyl (C=O) groups excluding carboxylic acids is 5. The highest BCUT2D eigenvalue weighted by molar-refractivity contribution is 7.19. The number of hydrogen-bond donors (Lipinski definition) is 0. The average Bonchev–Trinajstić information content (AvgIpc) is 3.12. The van der Waals surface area contributed by atoms with Gasteiger partial charge in [0.2, 0.25) is 0 Å². The Kier molecular flexibility index (Phi) is 13.8. The zero-order valence-corrected chi connectivity index (χ0v) is 30.1. The Bertz CT molecular complexity index is 1910. The molecule has 0 aliphatic carbocycles. The Labute approximate surface area is 304 Å². The van der Waals surface area contributed by atoms with Crippen LogP contribution in [0.3, 0.4) is 0 Å². The van der Waals surface area contributed by atoms with Crippen LogP contribution in [-0.2, 0) is 23.9 Å². The molecule has 0 saturated heterocycles. The minimum absolute atomic E-state index is 0.0380. The number of hydrogen-bond acceptors (Lipinski definition) is 11. The second kappa shape index (κ2) is 18.4. The molecule has 52 heavy (non-hydrogen) atoms.